The number of aryl methyl sites for hydroxylation is 2. The van der Waals surface area contributed by atoms with Crippen molar-refractivity contribution in [1.29, 1.82) is 0 Å². The molecule has 1 saturated carbocycles. The minimum Gasteiger partial charge on any atom is -0.496 e. The van der Waals surface area contributed by atoms with Crippen LogP contribution in [0.3, 0.4) is 0 Å². The van der Waals surface area contributed by atoms with Crippen molar-refractivity contribution in [2.45, 2.75) is 44.9 Å². The molecule has 104 valence electrons. The second-order valence-electron chi connectivity index (χ2n) is 5.40. The van der Waals surface area contributed by atoms with Crippen LogP contribution < -0.4 is 16.0 Å². The molecule has 1 fully saturated rings. The lowest BCUT2D eigenvalue weighted by atomic mass is 9.76. The van der Waals surface area contributed by atoms with Crippen LogP contribution in [0.15, 0.2) is 12.1 Å². The summed E-state index contributed by atoms with van der Waals surface area (Å²) in [5.74, 6) is 6.07. The number of carbonyl (C=O) groups excluding carboxylic acids is 1. The molecule has 0 aliphatic heterocycles. The Bertz CT molecular complexity index is 491. The Balaban J connectivity index is 2.59. The molecule has 4 heteroatoms. The Hall–Kier alpha value is -1.55. The van der Waals surface area contributed by atoms with Gasteiger partial charge in [-0.3, -0.25) is 10.2 Å². The van der Waals surface area contributed by atoms with E-state index in [1.165, 1.54) is 11.1 Å². The Morgan fingerprint density at radius 1 is 1.26 bits per heavy atom. The van der Waals surface area contributed by atoms with Gasteiger partial charge in [-0.15, -0.1) is 0 Å². The summed E-state index contributed by atoms with van der Waals surface area (Å²) in [4.78, 5) is 12.3. The van der Waals surface area contributed by atoms with Crippen LogP contribution >= 0.6 is 0 Å². The normalized spacial score (nSPS) is 17.3. The number of amides is 1. The zero-order valence-electron chi connectivity index (χ0n) is 11.9. The van der Waals surface area contributed by atoms with Crippen LogP contribution in [0.2, 0.25) is 0 Å². The van der Waals surface area contributed by atoms with E-state index >= 15 is 0 Å². The fourth-order valence-electron chi connectivity index (χ4n) is 3.07. The van der Waals surface area contributed by atoms with Gasteiger partial charge in [0.15, 0.2) is 0 Å². The van der Waals surface area contributed by atoms with Gasteiger partial charge in [0.1, 0.15) is 5.75 Å². The molecule has 4 nitrogen and oxygen atoms in total. The lowest BCUT2D eigenvalue weighted by Crippen LogP contribution is -2.46. The third-order valence-electron chi connectivity index (χ3n) is 4.35. The van der Waals surface area contributed by atoms with Crippen molar-refractivity contribution in [3.8, 4) is 5.75 Å². The highest BCUT2D eigenvalue weighted by atomic mass is 16.5. The van der Waals surface area contributed by atoms with E-state index in [9.17, 15) is 4.79 Å². The van der Waals surface area contributed by atoms with E-state index in [0.29, 0.717) is 0 Å². The smallest absolute Gasteiger partial charge is 0.244 e. The molecule has 0 heterocycles. The first-order valence-electron chi connectivity index (χ1n) is 6.72. The Kier molecular flexibility index (Phi) is 3.80. The van der Waals surface area contributed by atoms with Crippen molar-refractivity contribution in [1.82, 2.24) is 5.43 Å². The summed E-state index contributed by atoms with van der Waals surface area (Å²) in [6, 6.07) is 4.09. The maximum absolute atomic E-state index is 12.3. The average molecular weight is 262 g/mol. The number of nitrogens with one attached hydrogen (secondary N) is 1. The van der Waals surface area contributed by atoms with E-state index in [-0.39, 0.29) is 5.91 Å². The molecule has 1 aromatic carbocycles. The van der Waals surface area contributed by atoms with Crippen molar-refractivity contribution < 1.29 is 9.53 Å². The molecule has 1 aliphatic rings. The third kappa shape index (κ3) is 2.21. The molecule has 0 spiro atoms. The molecule has 0 aromatic heterocycles. The number of methoxy groups -OCH3 is 1. The lowest BCUT2D eigenvalue weighted by Gasteiger charge is -2.29. The van der Waals surface area contributed by atoms with Gasteiger partial charge in [0, 0.05) is 5.56 Å². The molecule has 0 radical (unpaired) electrons. The number of hydrogen-bond acceptors (Lipinski definition) is 3. The van der Waals surface area contributed by atoms with E-state index in [1.807, 2.05) is 13.0 Å². The number of rotatable bonds is 3. The van der Waals surface area contributed by atoms with Gasteiger partial charge in [-0.05, 0) is 43.9 Å². The molecule has 3 N–H and O–H groups in total. The van der Waals surface area contributed by atoms with Crippen molar-refractivity contribution in [3.63, 3.8) is 0 Å². The first kappa shape index (κ1) is 13.9. The predicted octanol–water partition coefficient (Wildman–Crippen LogP) is 2.11. The average Bonchev–Trinajstić information content (AvgIpc) is 2.91. The second kappa shape index (κ2) is 5.21. The summed E-state index contributed by atoms with van der Waals surface area (Å²) in [5.41, 5.74) is 5.12. The number of ether oxygens (including phenoxy) is 1. The van der Waals surface area contributed by atoms with E-state index < -0.39 is 5.41 Å². The summed E-state index contributed by atoms with van der Waals surface area (Å²) in [5, 5.41) is 0. The summed E-state index contributed by atoms with van der Waals surface area (Å²) in [6.45, 7) is 4.10. The molecule has 0 atom stereocenters. The summed E-state index contributed by atoms with van der Waals surface area (Å²) >= 11 is 0. The van der Waals surface area contributed by atoms with Crippen molar-refractivity contribution in [2.24, 2.45) is 5.84 Å². The van der Waals surface area contributed by atoms with E-state index in [4.69, 9.17) is 10.6 Å². The van der Waals surface area contributed by atoms with Crippen LogP contribution in [0.4, 0.5) is 0 Å². The first-order chi connectivity index (χ1) is 9.05. The Labute approximate surface area is 114 Å². The van der Waals surface area contributed by atoms with Crippen LogP contribution in [-0.2, 0) is 10.2 Å². The topological polar surface area (TPSA) is 64.3 Å². The number of hydrazine groups is 1. The van der Waals surface area contributed by atoms with Gasteiger partial charge in [-0.2, -0.15) is 0 Å². The number of carbonyl (C=O) groups is 1. The molecule has 0 unspecified atom stereocenters. The highest BCUT2D eigenvalue weighted by molar-refractivity contribution is 5.89. The molecule has 1 aliphatic carbocycles. The largest absolute Gasteiger partial charge is 0.496 e. The molecule has 0 bridgehead atoms. The van der Waals surface area contributed by atoms with Gasteiger partial charge in [0.25, 0.3) is 0 Å². The van der Waals surface area contributed by atoms with Gasteiger partial charge >= 0.3 is 0 Å². The third-order valence-corrected chi connectivity index (χ3v) is 4.35. The second-order valence-corrected chi connectivity index (χ2v) is 5.40. The maximum atomic E-state index is 12.3. The zero-order chi connectivity index (χ0) is 14.0. The number of hydrogen-bond donors (Lipinski definition) is 2. The van der Waals surface area contributed by atoms with Gasteiger partial charge in [0.2, 0.25) is 5.91 Å². The molecule has 19 heavy (non-hydrogen) atoms. The highest BCUT2D eigenvalue weighted by Crippen LogP contribution is 2.45. The van der Waals surface area contributed by atoms with E-state index in [2.05, 4.69) is 18.4 Å². The van der Waals surface area contributed by atoms with Gasteiger partial charge in [0.05, 0.1) is 12.5 Å². The molecule has 1 aromatic rings. The van der Waals surface area contributed by atoms with Gasteiger partial charge in [-0.1, -0.05) is 18.9 Å². The number of benzene rings is 1. The standard InChI is InChI=1S/C15H22N2O2/c1-10-8-12(13(19-3)9-11(10)2)15(14(18)17-16)6-4-5-7-15/h8-9H,4-7,16H2,1-3H3,(H,17,18). The van der Waals surface area contributed by atoms with E-state index in [1.54, 1.807) is 7.11 Å². The molecule has 2 rings (SSSR count). The fourth-order valence-corrected chi connectivity index (χ4v) is 3.07. The van der Waals surface area contributed by atoms with Crippen molar-refractivity contribution >= 4 is 5.91 Å². The monoisotopic (exact) mass is 262 g/mol. The van der Waals surface area contributed by atoms with Crippen LogP contribution in [0.5, 0.6) is 5.75 Å². The van der Waals surface area contributed by atoms with Crippen molar-refractivity contribution in [2.75, 3.05) is 7.11 Å². The van der Waals surface area contributed by atoms with Crippen LogP contribution in [0.1, 0.15) is 42.4 Å². The summed E-state index contributed by atoms with van der Waals surface area (Å²) in [6.07, 6.45) is 3.75. The Morgan fingerprint density at radius 2 is 1.84 bits per heavy atom. The van der Waals surface area contributed by atoms with Crippen LogP contribution in [0, 0.1) is 13.8 Å². The Morgan fingerprint density at radius 3 is 2.37 bits per heavy atom. The minimum absolute atomic E-state index is 0.105. The number of nitrogens with two attached hydrogens (primary N) is 1. The fraction of sp³-hybridized carbons (Fsp3) is 0.533. The molecule has 0 saturated heterocycles. The van der Waals surface area contributed by atoms with Crippen LogP contribution in [-0.4, -0.2) is 13.0 Å². The van der Waals surface area contributed by atoms with Gasteiger partial charge < -0.3 is 4.74 Å². The molecular weight excluding hydrogens is 240 g/mol. The molecule has 1 amide bonds. The van der Waals surface area contributed by atoms with E-state index in [0.717, 1.165) is 37.0 Å². The minimum atomic E-state index is -0.529. The first-order valence-corrected chi connectivity index (χ1v) is 6.72. The summed E-state index contributed by atoms with van der Waals surface area (Å²) in [7, 11) is 1.65. The van der Waals surface area contributed by atoms with Gasteiger partial charge in [-0.25, -0.2) is 5.84 Å². The highest BCUT2D eigenvalue weighted by Gasteiger charge is 2.44. The summed E-state index contributed by atoms with van der Waals surface area (Å²) < 4.78 is 5.49. The van der Waals surface area contributed by atoms with Crippen molar-refractivity contribution in [3.05, 3.63) is 28.8 Å². The predicted molar refractivity (Wildman–Crippen MR) is 74.9 cm³/mol. The lowest BCUT2D eigenvalue weighted by molar-refractivity contribution is -0.126. The van der Waals surface area contributed by atoms with Crippen LogP contribution in [0.25, 0.3) is 0 Å². The maximum Gasteiger partial charge on any atom is 0.244 e. The molecular formula is C15H22N2O2. The zero-order valence-corrected chi connectivity index (χ0v) is 11.9. The SMILES string of the molecule is COc1cc(C)c(C)cc1C1(C(=O)NN)CCCC1. The quantitative estimate of drug-likeness (QED) is 0.498.